The molecule has 0 unspecified atom stereocenters. The SMILES string of the molecule is C/C=C/C(=O)CCCCCNc1nc2cc(OC)ccc2n2c(C)nnc12. The lowest BCUT2D eigenvalue weighted by atomic mass is 10.1. The molecule has 7 nitrogen and oxygen atoms in total. The number of hydrogen-bond donors (Lipinski definition) is 1. The number of rotatable bonds is 9. The first kappa shape index (κ1) is 18.8. The Morgan fingerprint density at radius 1 is 1.26 bits per heavy atom. The van der Waals surface area contributed by atoms with Crippen LogP contribution in [0.1, 0.15) is 38.4 Å². The number of nitrogens with zero attached hydrogens (tertiary/aromatic N) is 4. The van der Waals surface area contributed by atoms with Gasteiger partial charge in [-0.05, 0) is 44.9 Å². The van der Waals surface area contributed by atoms with E-state index in [1.165, 1.54) is 0 Å². The van der Waals surface area contributed by atoms with Crippen LogP contribution in [0.4, 0.5) is 5.82 Å². The number of unbranched alkanes of at least 4 members (excludes halogenated alkanes) is 2. The molecule has 7 heteroatoms. The Labute approximate surface area is 158 Å². The van der Waals surface area contributed by atoms with Crippen LogP contribution in [0.25, 0.3) is 16.7 Å². The Morgan fingerprint density at radius 3 is 2.89 bits per heavy atom. The molecule has 0 spiro atoms. The third kappa shape index (κ3) is 4.24. The van der Waals surface area contributed by atoms with Gasteiger partial charge in [0.15, 0.2) is 11.6 Å². The van der Waals surface area contributed by atoms with Crippen molar-refractivity contribution in [2.45, 2.75) is 39.5 Å². The number of ketones is 1. The zero-order valence-electron chi connectivity index (χ0n) is 16.0. The second kappa shape index (κ2) is 8.62. The number of benzene rings is 1. The van der Waals surface area contributed by atoms with Crippen molar-refractivity contribution < 1.29 is 9.53 Å². The monoisotopic (exact) mass is 367 g/mol. The Kier molecular flexibility index (Phi) is 6.01. The summed E-state index contributed by atoms with van der Waals surface area (Å²) in [5.74, 6) is 2.47. The lowest BCUT2D eigenvalue weighted by Gasteiger charge is -2.10. The normalized spacial score (nSPS) is 11.5. The summed E-state index contributed by atoms with van der Waals surface area (Å²) in [5, 5.41) is 11.8. The number of hydrogen-bond acceptors (Lipinski definition) is 6. The van der Waals surface area contributed by atoms with Crippen LogP contribution < -0.4 is 10.1 Å². The molecule has 1 aromatic carbocycles. The zero-order valence-corrected chi connectivity index (χ0v) is 16.0. The van der Waals surface area contributed by atoms with Crippen molar-refractivity contribution in [3.63, 3.8) is 0 Å². The molecule has 142 valence electrons. The van der Waals surface area contributed by atoms with Crippen molar-refractivity contribution in [3.05, 3.63) is 36.2 Å². The molecule has 27 heavy (non-hydrogen) atoms. The second-order valence-electron chi connectivity index (χ2n) is 6.43. The molecule has 0 fully saturated rings. The summed E-state index contributed by atoms with van der Waals surface area (Å²) < 4.78 is 7.31. The number of aryl methyl sites for hydroxylation is 1. The molecule has 2 aromatic heterocycles. The molecular weight excluding hydrogens is 342 g/mol. The number of fused-ring (bicyclic) bond motifs is 3. The molecule has 3 rings (SSSR count). The minimum absolute atomic E-state index is 0.191. The largest absolute Gasteiger partial charge is 0.497 e. The van der Waals surface area contributed by atoms with Crippen LogP contribution in [-0.2, 0) is 4.79 Å². The van der Waals surface area contributed by atoms with Crippen LogP contribution in [0.15, 0.2) is 30.4 Å². The maximum absolute atomic E-state index is 11.5. The van der Waals surface area contributed by atoms with Crippen LogP contribution in [0, 0.1) is 6.92 Å². The molecular formula is C20H25N5O2. The minimum Gasteiger partial charge on any atom is -0.497 e. The summed E-state index contributed by atoms with van der Waals surface area (Å²) in [6.45, 7) is 4.55. The smallest absolute Gasteiger partial charge is 0.204 e. The summed E-state index contributed by atoms with van der Waals surface area (Å²) in [7, 11) is 1.64. The summed E-state index contributed by atoms with van der Waals surface area (Å²) >= 11 is 0. The van der Waals surface area contributed by atoms with Crippen molar-refractivity contribution in [1.82, 2.24) is 19.6 Å². The molecule has 2 heterocycles. The molecule has 3 aromatic rings. The molecule has 0 bridgehead atoms. The minimum atomic E-state index is 0.191. The molecule has 0 radical (unpaired) electrons. The van der Waals surface area contributed by atoms with E-state index in [4.69, 9.17) is 9.72 Å². The molecule has 0 atom stereocenters. The van der Waals surface area contributed by atoms with Gasteiger partial charge in [-0.3, -0.25) is 9.20 Å². The summed E-state index contributed by atoms with van der Waals surface area (Å²) in [6.07, 6.45) is 6.87. The van der Waals surface area contributed by atoms with E-state index in [0.29, 0.717) is 17.9 Å². The summed E-state index contributed by atoms with van der Waals surface area (Å²) in [4.78, 5) is 16.2. The fraction of sp³-hybridized carbons (Fsp3) is 0.400. The number of nitrogens with one attached hydrogen (secondary N) is 1. The molecule has 0 aliphatic carbocycles. The standard InChI is InChI=1S/C20H25N5O2/c1-4-8-15(26)9-6-5-7-12-21-19-20-24-23-14(2)25(20)18-11-10-16(27-3)13-17(18)22-19/h4,8,10-11,13H,5-7,9,12H2,1-3H3,(H,21,22)/b8-4+. The maximum Gasteiger partial charge on any atom is 0.204 e. The quantitative estimate of drug-likeness (QED) is 0.459. The van der Waals surface area contributed by atoms with Crippen molar-refractivity contribution >= 4 is 28.3 Å². The molecule has 0 saturated carbocycles. The Hall–Kier alpha value is -2.96. The molecule has 0 amide bonds. The van der Waals surface area contributed by atoms with Crippen molar-refractivity contribution in [2.75, 3.05) is 19.0 Å². The molecule has 0 saturated heterocycles. The first-order valence-corrected chi connectivity index (χ1v) is 9.23. The highest BCUT2D eigenvalue weighted by molar-refractivity contribution is 5.89. The highest BCUT2D eigenvalue weighted by atomic mass is 16.5. The first-order chi connectivity index (χ1) is 13.1. The average molecular weight is 367 g/mol. The van der Waals surface area contributed by atoms with Crippen LogP contribution in [-0.4, -0.2) is 39.0 Å². The van der Waals surface area contributed by atoms with Crippen molar-refractivity contribution in [3.8, 4) is 5.75 Å². The zero-order chi connectivity index (χ0) is 19.2. The van der Waals surface area contributed by atoms with Gasteiger partial charge < -0.3 is 10.1 Å². The van der Waals surface area contributed by atoms with E-state index in [9.17, 15) is 4.79 Å². The van der Waals surface area contributed by atoms with Gasteiger partial charge in [0.25, 0.3) is 0 Å². The van der Waals surface area contributed by atoms with Gasteiger partial charge >= 0.3 is 0 Å². The molecule has 0 aliphatic rings. The lowest BCUT2D eigenvalue weighted by molar-refractivity contribution is -0.114. The van der Waals surface area contributed by atoms with Gasteiger partial charge in [-0.25, -0.2) is 4.98 Å². The van der Waals surface area contributed by atoms with Gasteiger partial charge in [0, 0.05) is 19.0 Å². The predicted octanol–water partition coefficient (Wildman–Crippen LogP) is 3.71. The van der Waals surface area contributed by atoms with Gasteiger partial charge in [0.1, 0.15) is 11.6 Å². The van der Waals surface area contributed by atoms with Gasteiger partial charge in [0.2, 0.25) is 5.65 Å². The maximum atomic E-state index is 11.5. The van der Waals surface area contributed by atoms with Crippen molar-refractivity contribution in [1.29, 1.82) is 0 Å². The number of aromatic nitrogens is 4. The van der Waals surface area contributed by atoms with E-state index < -0.39 is 0 Å². The van der Waals surface area contributed by atoms with Crippen LogP contribution >= 0.6 is 0 Å². The summed E-state index contributed by atoms with van der Waals surface area (Å²) in [6, 6.07) is 5.79. The number of ether oxygens (including phenoxy) is 1. The third-order valence-electron chi connectivity index (χ3n) is 4.44. The number of carbonyl (C=O) groups is 1. The topological polar surface area (TPSA) is 81.4 Å². The third-order valence-corrected chi connectivity index (χ3v) is 4.44. The lowest BCUT2D eigenvalue weighted by Crippen LogP contribution is -2.07. The van der Waals surface area contributed by atoms with E-state index in [1.807, 2.05) is 36.4 Å². The van der Waals surface area contributed by atoms with Crippen LogP contribution in [0.5, 0.6) is 5.75 Å². The second-order valence-corrected chi connectivity index (χ2v) is 6.43. The summed E-state index contributed by atoms with van der Waals surface area (Å²) in [5.41, 5.74) is 2.49. The fourth-order valence-electron chi connectivity index (χ4n) is 3.08. The number of anilines is 1. The van der Waals surface area contributed by atoms with Gasteiger partial charge in [0.05, 0.1) is 18.1 Å². The number of allylic oxidation sites excluding steroid dienone is 2. The Morgan fingerprint density at radius 2 is 2.11 bits per heavy atom. The van der Waals surface area contributed by atoms with E-state index in [2.05, 4.69) is 15.5 Å². The number of carbonyl (C=O) groups excluding carboxylic acids is 1. The number of methoxy groups -OCH3 is 1. The van der Waals surface area contributed by atoms with Gasteiger partial charge in [-0.2, -0.15) is 0 Å². The van der Waals surface area contributed by atoms with E-state index in [-0.39, 0.29) is 5.78 Å². The van der Waals surface area contributed by atoms with E-state index in [0.717, 1.165) is 48.4 Å². The Balaban J connectivity index is 1.71. The Bertz CT molecular complexity index is 977. The molecule has 1 N–H and O–H groups in total. The first-order valence-electron chi connectivity index (χ1n) is 9.23. The van der Waals surface area contributed by atoms with Crippen molar-refractivity contribution in [2.24, 2.45) is 0 Å². The van der Waals surface area contributed by atoms with Crippen LogP contribution in [0.3, 0.4) is 0 Å². The highest BCUT2D eigenvalue weighted by Gasteiger charge is 2.13. The van der Waals surface area contributed by atoms with Gasteiger partial charge in [-0.15, -0.1) is 10.2 Å². The fourth-order valence-corrected chi connectivity index (χ4v) is 3.08. The average Bonchev–Trinajstić information content (AvgIpc) is 3.06. The predicted molar refractivity (Wildman–Crippen MR) is 106 cm³/mol. The van der Waals surface area contributed by atoms with Gasteiger partial charge in [-0.1, -0.05) is 12.5 Å². The van der Waals surface area contributed by atoms with E-state index >= 15 is 0 Å². The van der Waals surface area contributed by atoms with Crippen LogP contribution in [0.2, 0.25) is 0 Å². The van der Waals surface area contributed by atoms with E-state index in [1.54, 1.807) is 19.3 Å². The molecule has 0 aliphatic heterocycles. The highest BCUT2D eigenvalue weighted by Crippen LogP contribution is 2.25.